The molecule has 110 valence electrons. The molecule has 2 N–H and O–H groups in total. The topological polar surface area (TPSA) is 97.8 Å². The highest BCUT2D eigenvalue weighted by Gasteiger charge is 2.22. The summed E-state index contributed by atoms with van der Waals surface area (Å²) in [7, 11) is 1.47. The highest BCUT2D eigenvalue weighted by atomic mass is 16.5. The van der Waals surface area contributed by atoms with Gasteiger partial charge >= 0.3 is 5.97 Å². The molecule has 0 aliphatic heterocycles. The number of nitrogens with one attached hydrogen (secondary N) is 1. The number of methoxy groups -OCH3 is 1. The quantitative estimate of drug-likeness (QED) is 0.728. The lowest BCUT2D eigenvalue weighted by Gasteiger charge is -2.15. The molecule has 1 heterocycles. The van der Waals surface area contributed by atoms with Crippen molar-refractivity contribution in [1.82, 2.24) is 10.3 Å². The molecule has 7 nitrogen and oxygen atoms in total. The third kappa shape index (κ3) is 4.51. The van der Waals surface area contributed by atoms with Crippen molar-refractivity contribution in [3.8, 4) is 5.88 Å². The molecule has 0 saturated heterocycles. The monoisotopic (exact) mass is 282 g/mol. The number of ether oxygens (including phenoxy) is 2. The summed E-state index contributed by atoms with van der Waals surface area (Å²) < 4.78 is 10.1. The maximum absolute atomic E-state index is 12.1. The van der Waals surface area contributed by atoms with Gasteiger partial charge in [-0.25, -0.2) is 9.78 Å². The summed E-state index contributed by atoms with van der Waals surface area (Å²) >= 11 is 0. The van der Waals surface area contributed by atoms with Crippen molar-refractivity contribution in [3.05, 3.63) is 23.9 Å². The first-order valence-corrected chi connectivity index (χ1v) is 6.20. The lowest BCUT2D eigenvalue weighted by atomic mass is 10.2. The molecule has 0 aliphatic carbocycles. The molecule has 7 heteroatoms. The molecule has 0 aromatic carbocycles. The molecular weight excluding hydrogens is 264 g/mol. The van der Waals surface area contributed by atoms with Gasteiger partial charge in [0.15, 0.2) is 0 Å². The van der Waals surface area contributed by atoms with E-state index in [9.17, 15) is 9.59 Å². The van der Waals surface area contributed by atoms with E-state index in [1.807, 2.05) is 0 Å². The van der Waals surface area contributed by atoms with Crippen LogP contribution in [0.4, 0.5) is 0 Å². The third-order valence-corrected chi connectivity index (χ3v) is 2.51. The summed E-state index contributed by atoms with van der Waals surface area (Å²) in [6.07, 6.45) is 1.68. The number of aliphatic carboxylic acids is 1. The molecule has 1 aromatic heterocycles. The summed E-state index contributed by atoms with van der Waals surface area (Å²) in [5.41, 5.74) is 0.206. The van der Waals surface area contributed by atoms with Gasteiger partial charge in [-0.15, -0.1) is 0 Å². The fourth-order valence-electron chi connectivity index (χ4n) is 1.54. The van der Waals surface area contributed by atoms with Crippen molar-refractivity contribution in [2.75, 3.05) is 20.3 Å². The normalized spacial score (nSPS) is 11.7. The Labute approximate surface area is 116 Å². The number of pyridine rings is 1. The molecule has 1 aromatic rings. The van der Waals surface area contributed by atoms with Gasteiger partial charge in [0.05, 0.1) is 6.61 Å². The average Bonchev–Trinajstić information content (AvgIpc) is 2.43. The van der Waals surface area contributed by atoms with Crippen molar-refractivity contribution < 1.29 is 24.2 Å². The van der Waals surface area contributed by atoms with Crippen molar-refractivity contribution in [1.29, 1.82) is 0 Å². The van der Waals surface area contributed by atoms with Crippen LogP contribution in [0, 0.1) is 0 Å². The second-order valence-corrected chi connectivity index (χ2v) is 3.93. The fourth-order valence-corrected chi connectivity index (χ4v) is 1.54. The number of carbonyl (C=O) groups is 2. The van der Waals surface area contributed by atoms with Crippen LogP contribution in [-0.4, -0.2) is 48.3 Å². The molecule has 0 fully saturated rings. The predicted molar refractivity (Wildman–Crippen MR) is 70.8 cm³/mol. The van der Waals surface area contributed by atoms with Crippen LogP contribution < -0.4 is 10.1 Å². The van der Waals surface area contributed by atoms with Gasteiger partial charge in [-0.1, -0.05) is 0 Å². The minimum absolute atomic E-state index is 0.182. The highest BCUT2D eigenvalue weighted by Crippen LogP contribution is 2.14. The van der Waals surface area contributed by atoms with Crippen molar-refractivity contribution >= 4 is 11.9 Å². The molecule has 1 atom stereocenters. The number of hydrogen-bond donors (Lipinski definition) is 2. The first-order chi connectivity index (χ1) is 9.60. The van der Waals surface area contributed by atoms with Gasteiger partial charge in [0.2, 0.25) is 5.88 Å². The van der Waals surface area contributed by atoms with E-state index in [2.05, 4.69) is 10.3 Å². The summed E-state index contributed by atoms with van der Waals surface area (Å²) in [4.78, 5) is 27.1. The predicted octanol–water partition coefficient (Wildman–Crippen LogP) is 0.700. The van der Waals surface area contributed by atoms with Crippen LogP contribution in [0.3, 0.4) is 0 Å². The number of aromatic nitrogens is 1. The molecule has 20 heavy (non-hydrogen) atoms. The van der Waals surface area contributed by atoms with Crippen LogP contribution in [0.25, 0.3) is 0 Å². The molecule has 0 saturated carbocycles. The van der Waals surface area contributed by atoms with E-state index in [-0.39, 0.29) is 24.5 Å². The number of rotatable bonds is 8. The van der Waals surface area contributed by atoms with E-state index in [0.717, 1.165) is 0 Å². The Morgan fingerprint density at radius 2 is 2.25 bits per heavy atom. The lowest BCUT2D eigenvalue weighted by molar-refractivity contribution is -0.139. The molecule has 1 unspecified atom stereocenters. The van der Waals surface area contributed by atoms with Crippen LogP contribution in [-0.2, 0) is 9.53 Å². The maximum atomic E-state index is 12.1. The van der Waals surface area contributed by atoms with E-state index >= 15 is 0 Å². The van der Waals surface area contributed by atoms with Gasteiger partial charge in [-0.3, -0.25) is 4.79 Å². The molecule has 0 radical (unpaired) electrons. The zero-order valence-corrected chi connectivity index (χ0v) is 11.5. The molecular formula is C13H18N2O5. The van der Waals surface area contributed by atoms with E-state index in [1.54, 1.807) is 13.0 Å². The Balaban J connectivity index is 2.80. The van der Waals surface area contributed by atoms with E-state index in [0.29, 0.717) is 6.61 Å². The Morgan fingerprint density at radius 1 is 1.50 bits per heavy atom. The summed E-state index contributed by atoms with van der Waals surface area (Å²) in [6.45, 7) is 2.38. The van der Waals surface area contributed by atoms with Crippen LogP contribution in [0.5, 0.6) is 5.88 Å². The van der Waals surface area contributed by atoms with Gasteiger partial charge in [0.25, 0.3) is 5.91 Å². The minimum Gasteiger partial charge on any atom is -0.480 e. The van der Waals surface area contributed by atoms with Crippen molar-refractivity contribution in [2.45, 2.75) is 19.4 Å². The van der Waals surface area contributed by atoms with Gasteiger partial charge in [-0.05, 0) is 19.1 Å². The fraction of sp³-hybridized carbons (Fsp3) is 0.462. The minimum atomic E-state index is -1.11. The number of nitrogens with zero attached hydrogens (tertiary/aromatic N) is 1. The summed E-state index contributed by atoms with van der Waals surface area (Å²) in [5.74, 6) is -1.47. The standard InChI is InChI=1S/C13H18N2O5/c1-3-20-12-9(5-4-7-14-12)11(16)15-10(13(17)18)6-8-19-2/h4-5,7,10H,3,6,8H2,1-2H3,(H,15,16)(H,17,18). The first kappa shape index (κ1) is 15.9. The van der Waals surface area contributed by atoms with Crippen LogP contribution in [0.15, 0.2) is 18.3 Å². The van der Waals surface area contributed by atoms with Gasteiger partial charge in [0.1, 0.15) is 11.6 Å². The second kappa shape index (κ2) is 8.11. The SMILES string of the molecule is CCOc1ncccc1C(=O)NC(CCOC)C(=O)O. The molecule has 0 bridgehead atoms. The number of hydrogen-bond acceptors (Lipinski definition) is 5. The van der Waals surface area contributed by atoms with E-state index in [4.69, 9.17) is 14.6 Å². The number of carboxylic acids is 1. The molecule has 0 aliphatic rings. The van der Waals surface area contributed by atoms with Crippen LogP contribution in [0.2, 0.25) is 0 Å². The lowest BCUT2D eigenvalue weighted by Crippen LogP contribution is -2.41. The zero-order chi connectivity index (χ0) is 15.0. The van der Waals surface area contributed by atoms with Crippen LogP contribution in [0.1, 0.15) is 23.7 Å². The van der Waals surface area contributed by atoms with Crippen molar-refractivity contribution in [3.63, 3.8) is 0 Å². The third-order valence-electron chi connectivity index (χ3n) is 2.51. The second-order valence-electron chi connectivity index (χ2n) is 3.93. The molecule has 1 amide bonds. The van der Waals surface area contributed by atoms with Gasteiger partial charge < -0.3 is 19.9 Å². The van der Waals surface area contributed by atoms with Gasteiger partial charge in [-0.2, -0.15) is 0 Å². The Hall–Kier alpha value is -2.15. The number of carbonyl (C=O) groups excluding carboxylic acids is 1. The first-order valence-electron chi connectivity index (χ1n) is 6.20. The summed E-state index contributed by atoms with van der Waals surface area (Å²) in [6, 6.07) is 2.10. The Kier molecular flexibility index (Phi) is 6.45. The smallest absolute Gasteiger partial charge is 0.326 e. The van der Waals surface area contributed by atoms with Crippen LogP contribution >= 0.6 is 0 Å². The Bertz CT molecular complexity index is 464. The summed E-state index contributed by atoms with van der Waals surface area (Å²) in [5, 5.41) is 11.5. The Morgan fingerprint density at radius 3 is 2.85 bits per heavy atom. The van der Waals surface area contributed by atoms with E-state index in [1.165, 1.54) is 19.4 Å². The zero-order valence-electron chi connectivity index (χ0n) is 11.5. The maximum Gasteiger partial charge on any atom is 0.326 e. The number of carboxylic acid groups (broad SMARTS) is 1. The average molecular weight is 282 g/mol. The van der Waals surface area contributed by atoms with E-state index < -0.39 is 17.9 Å². The van der Waals surface area contributed by atoms with Crippen molar-refractivity contribution in [2.24, 2.45) is 0 Å². The highest BCUT2D eigenvalue weighted by molar-refractivity contribution is 5.98. The molecule has 0 spiro atoms. The largest absolute Gasteiger partial charge is 0.480 e. The number of amides is 1. The van der Waals surface area contributed by atoms with Gasteiger partial charge in [0, 0.05) is 26.3 Å². The molecule has 1 rings (SSSR count).